The number of anilines is 1. The first-order valence-corrected chi connectivity index (χ1v) is 8.70. The fourth-order valence-electron chi connectivity index (χ4n) is 2.96. The van der Waals surface area contributed by atoms with Gasteiger partial charge in [0.15, 0.2) is 0 Å². The molecule has 0 saturated carbocycles. The Balaban J connectivity index is 1.33. The molecule has 2 saturated heterocycles. The molecule has 2 aromatic rings. The summed E-state index contributed by atoms with van der Waals surface area (Å²) in [6, 6.07) is 0.0939. The third kappa shape index (κ3) is 2.75. The van der Waals surface area contributed by atoms with Crippen LogP contribution in [0.1, 0.15) is 15.9 Å². The molecule has 0 bridgehead atoms. The van der Waals surface area contributed by atoms with Crippen LogP contribution in [0.4, 0.5) is 10.5 Å². The minimum Gasteiger partial charge on any atom is -0.338 e. The zero-order valence-corrected chi connectivity index (χ0v) is 14.1. The maximum atomic E-state index is 12.3. The number of nitrogens with zero attached hydrogens (tertiary/aromatic N) is 5. The molecule has 9 heteroatoms. The number of aryl methyl sites for hydroxylation is 1. The van der Waals surface area contributed by atoms with Crippen LogP contribution in [-0.2, 0) is 11.2 Å². The van der Waals surface area contributed by atoms with E-state index < -0.39 is 0 Å². The Kier molecular flexibility index (Phi) is 3.72. The number of carbonyl (C=O) groups is 2. The molecule has 4 rings (SSSR count). The van der Waals surface area contributed by atoms with Gasteiger partial charge in [-0.1, -0.05) is 0 Å². The molecule has 8 nitrogen and oxygen atoms in total. The summed E-state index contributed by atoms with van der Waals surface area (Å²) in [5, 5.41) is 8.10. The molecule has 2 aliphatic heterocycles. The number of carbonyl (C=O) groups excluding carboxylic acids is 2. The highest BCUT2D eigenvalue weighted by atomic mass is 32.1. The molecule has 1 N–H and O–H groups in total. The number of likely N-dealkylation sites (tertiary alicyclic amines) is 1. The normalized spacial score (nSPS) is 18.0. The van der Waals surface area contributed by atoms with Crippen molar-refractivity contribution in [1.82, 2.24) is 25.0 Å². The van der Waals surface area contributed by atoms with Crippen LogP contribution in [0.15, 0.2) is 18.6 Å². The average Bonchev–Trinajstić information content (AvgIpc) is 3.19. The molecule has 3 amide bonds. The first-order valence-electron chi connectivity index (χ1n) is 7.89. The summed E-state index contributed by atoms with van der Waals surface area (Å²) >= 11 is 1.56. The van der Waals surface area contributed by atoms with E-state index in [4.69, 9.17) is 0 Å². The van der Waals surface area contributed by atoms with Crippen molar-refractivity contribution in [3.8, 4) is 0 Å². The lowest BCUT2D eigenvalue weighted by Crippen LogP contribution is -2.51. The monoisotopic (exact) mass is 346 g/mol. The first-order chi connectivity index (χ1) is 11.6. The van der Waals surface area contributed by atoms with Crippen molar-refractivity contribution in [3.63, 3.8) is 0 Å². The van der Waals surface area contributed by atoms with Crippen LogP contribution in [0.2, 0.25) is 0 Å². The van der Waals surface area contributed by atoms with Crippen LogP contribution < -0.4 is 10.2 Å². The van der Waals surface area contributed by atoms with E-state index in [2.05, 4.69) is 15.4 Å². The number of rotatable bonds is 4. The van der Waals surface area contributed by atoms with Gasteiger partial charge in [0.2, 0.25) is 5.91 Å². The number of nitrogens with one attached hydrogen (secondary N) is 1. The van der Waals surface area contributed by atoms with Gasteiger partial charge in [0.25, 0.3) is 0 Å². The fraction of sp³-hybridized carbons (Fsp3) is 0.467. The van der Waals surface area contributed by atoms with Gasteiger partial charge in [0.1, 0.15) is 0 Å². The molecule has 126 valence electrons. The van der Waals surface area contributed by atoms with Gasteiger partial charge >= 0.3 is 6.03 Å². The number of hydrogen-bond donors (Lipinski definition) is 1. The Morgan fingerprint density at radius 2 is 2.25 bits per heavy atom. The van der Waals surface area contributed by atoms with E-state index in [9.17, 15) is 9.59 Å². The van der Waals surface area contributed by atoms with Crippen LogP contribution in [0.25, 0.3) is 0 Å². The second-order valence-corrected chi connectivity index (χ2v) is 7.36. The zero-order chi connectivity index (χ0) is 16.7. The van der Waals surface area contributed by atoms with Gasteiger partial charge in [-0.15, -0.1) is 11.3 Å². The van der Waals surface area contributed by atoms with E-state index in [0.717, 1.165) is 15.6 Å². The minimum absolute atomic E-state index is 0.0835. The molecule has 0 radical (unpaired) electrons. The van der Waals surface area contributed by atoms with E-state index in [1.807, 2.05) is 22.7 Å². The number of aromatic nitrogens is 3. The maximum absolute atomic E-state index is 12.3. The Morgan fingerprint density at radius 3 is 2.92 bits per heavy atom. The summed E-state index contributed by atoms with van der Waals surface area (Å²) in [5.41, 5.74) is 0.801. The molecular formula is C15H18N6O2S. The van der Waals surface area contributed by atoms with Crippen LogP contribution in [-0.4, -0.2) is 57.8 Å². The second kappa shape index (κ2) is 5.90. The standard InChI is InChI=1S/C15H18N6O2S/c1-10-17-6-13(24-10)4-14(22)19-7-12(8-19)21-9-11(5-18-21)20-3-2-16-15(20)23/h5-6,9,12H,2-4,7-8H2,1H3,(H,16,23). The van der Waals surface area contributed by atoms with Gasteiger partial charge in [0.05, 0.1) is 29.4 Å². The summed E-state index contributed by atoms with van der Waals surface area (Å²) in [6.45, 7) is 4.57. The van der Waals surface area contributed by atoms with Crippen molar-refractivity contribution in [3.05, 3.63) is 28.5 Å². The summed E-state index contributed by atoms with van der Waals surface area (Å²) in [6.07, 6.45) is 5.77. The summed E-state index contributed by atoms with van der Waals surface area (Å²) in [7, 11) is 0. The molecule has 2 aromatic heterocycles. The number of hydrogen-bond acceptors (Lipinski definition) is 5. The van der Waals surface area contributed by atoms with Crippen molar-refractivity contribution in [1.29, 1.82) is 0 Å². The molecule has 0 atom stereocenters. The molecule has 2 fully saturated rings. The number of thiazole rings is 1. The molecule has 0 unspecified atom stereocenters. The van der Waals surface area contributed by atoms with Crippen LogP contribution in [0.3, 0.4) is 0 Å². The molecule has 24 heavy (non-hydrogen) atoms. The maximum Gasteiger partial charge on any atom is 0.322 e. The van der Waals surface area contributed by atoms with Gasteiger partial charge < -0.3 is 10.2 Å². The lowest BCUT2D eigenvalue weighted by Gasteiger charge is -2.39. The van der Waals surface area contributed by atoms with Crippen molar-refractivity contribution in [2.75, 3.05) is 31.1 Å². The van der Waals surface area contributed by atoms with Gasteiger partial charge in [-0.05, 0) is 6.92 Å². The summed E-state index contributed by atoms with van der Waals surface area (Å²) in [4.78, 5) is 32.6. The second-order valence-electron chi connectivity index (χ2n) is 6.04. The van der Waals surface area contributed by atoms with Gasteiger partial charge in [-0.25, -0.2) is 9.78 Å². The Hall–Kier alpha value is -2.42. The van der Waals surface area contributed by atoms with Gasteiger partial charge in [0, 0.05) is 43.4 Å². The Bertz CT molecular complexity index is 779. The predicted molar refractivity (Wildman–Crippen MR) is 89.1 cm³/mol. The van der Waals surface area contributed by atoms with E-state index in [0.29, 0.717) is 32.6 Å². The van der Waals surface area contributed by atoms with E-state index in [1.165, 1.54) is 0 Å². The van der Waals surface area contributed by atoms with Gasteiger partial charge in [-0.3, -0.25) is 14.4 Å². The Labute approximate surface area is 143 Å². The smallest absolute Gasteiger partial charge is 0.322 e. The highest BCUT2D eigenvalue weighted by molar-refractivity contribution is 7.11. The van der Waals surface area contributed by atoms with E-state index in [-0.39, 0.29) is 18.0 Å². The lowest BCUT2D eigenvalue weighted by molar-refractivity contribution is -0.136. The van der Waals surface area contributed by atoms with Crippen molar-refractivity contribution in [2.24, 2.45) is 0 Å². The topological polar surface area (TPSA) is 83.4 Å². The van der Waals surface area contributed by atoms with E-state index >= 15 is 0 Å². The van der Waals surface area contributed by atoms with Crippen molar-refractivity contribution < 1.29 is 9.59 Å². The molecule has 4 heterocycles. The molecule has 0 aromatic carbocycles. The van der Waals surface area contributed by atoms with Crippen LogP contribution in [0, 0.1) is 6.92 Å². The highest BCUT2D eigenvalue weighted by Crippen LogP contribution is 2.25. The third-order valence-electron chi connectivity index (χ3n) is 4.34. The Morgan fingerprint density at radius 1 is 1.42 bits per heavy atom. The molecule has 2 aliphatic rings. The van der Waals surface area contributed by atoms with E-state index in [1.54, 1.807) is 28.6 Å². The predicted octanol–water partition coefficient (Wildman–Crippen LogP) is 0.804. The number of urea groups is 1. The molecule has 0 spiro atoms. The average molecular weight is 346 g/mol. The largest absolute Gasteiger partial charge is 0.338 e. The fourth-order valence-corrected chi connectivity index (χ4v) is 3.75. The number of amides is 3. The quantitative estimate of drug-likeness (QED) is 0.888. The molecular weight excluding hydrogens is 328 g/mol. The van der Waals surface area contributed by atoms with Crippen molar-refractivity contribution >= 4 is 29.0 Å². The van der Waals surface area contributed by atoms with Gasteiger partial charge in [-0.2, -0.15) is 5.10 Å². The minimum atomic E-state index is -0.0835. The zero-order valence-electron chi connectivity index (χ0n) is 13.3. The summed E-state index contributed by atoms with van der Waals surface area (Å²) < 4.78 is 1.85. The third-order valence-corrected chi connectivity index (χ3v) is 5.25. The molecule has 0 aliphatic carbocycles. The van der Waals surface area contributed by atoms with Crippen LogP contribution >= 0.6 is 11.3 Å². The summed E-state index contributed by atoms with van der Waals surface area (Å²) in [5.74, 6) is 0.126. The lowest BCUT2D eigenvalue weighted by atomic mass is 10.1. The van der Waals surface area contributed by atoms with Crippen LogP contribution in [0.5, 0.6) is 0 Å². The SMILES string of the molecule is Cc1ncc(CC(=O)N2CC(n3cc(N4CCNC4=O)cn3)C2)s1. The first kappa shape index (κ1) is 15.1. The highest BCUT2D eigenvalue weighted by Gasteiger charge is 2.33. The van der Waals surface area contributed by atoms with Crippen molar-refractivity contribution in [2.45, 2.75) is 19.4 Å².